The summed E-state index contributed by atoms with van der Waals surface area (Å²) in [6.45, 7) is 3.34. The number of carbonyl (C=O) groups is 1. The monoisotopic (exact) mass is 314 g/mol. The Bertz CT molecular complexity index is 628. The number of aryl methyl sites for hydroxylation is 1. The highest BCUT2D eigenvalue weighted by atomic mass is 35.5. The fourth-order valence-electron chi connectivity index (χ4n) is 1.47. The molecule has 2 aromatic rings. The third-order valence-electron chi connectivity index (χ3n) is 2.45. The minimum absolute atomic E-state index is 0.338. The lowest BCUT2D eigenvalue weighted by Gasteiger charge is -2.14. The lowest BCUT2D eigenvalue weighted by Crippen LogP contribution is -2.30. The maximum Gasteiger partial charge on any atom is 0.266 e. The zero-order valence-corrected chi connectivity index (χ0v) is 12.3. The van der Waals surface area contributed by atoms with Crippen LogP contribution in [0.2, 0.25) is 10.0 Å². The van der Waals surface area contributed by atoms with Crippen LogP contribution in [0.3, 0.4) is 0 Å². The molecule has 5 nitrogen and oxygen atoms in total. The van der Waals surface area contributed by atoms with Crippen molar-refractivity contribution in [2.24, 2.45) is 0 Å². The lowest BCUT2D eigenvalue weighted by atomic mass is 10.3. The number of nitrogens with zero attached hydrogens (tertiary/aromatic N) is 1. The smallest absolute Gasteiger partial charge is 0.266 e. The Balaban J connectivity index is 2.00. The summed E-state index contributed by atoms with van der Waals surface area (Å²) < 4.78 is 10.3. The Kier molecular flexibility index (Phi) is 4.52. The van der Waals surface area contributed by atoms with Crippen molar-refractivity contribution in [1.29, 1.82) is 0 Å². The molecule has 0 bridgehead atoms. The van der Waals surface area contributed by atoms with Crippen LogP contribution in [-0.4, -0.2) is 17.2 Å². The number of ether oxygens (including phenoxy) is 1. The number of hydrogen-bond donors (Lipinski definition) is 1. The van der Waals surface area contributed by atoms with Crippen molar-refractivity contribution < 1.29 is 14.1 Å². The number of rotatable bonds is 4. The number of halogens is 2. The van der Waals surface area contributed by atoms with E-state index in [1.165, 1.54) is 0 Å². The largest absolute Gasteiger partial charge is 0.479 e. The van der Waals surface area contributed by atoms with Crippen LogP contribution >= 0.6 is 23.2 Å². The highest BCUT2D eigenvalue weighted by molar-refractivity contribution is 6.35. The minimum atomic E-state index is -0.745. The molecule has 1 heterocycles. The molecule has 0 aliphatic rings. The van der Waals surface area contributed by atoms with E-state index in [0.29, 0.717) is 27.4 Å². The van der Waals surface area contributed by atoms with Crippen molar-refractivity contribution >= 4 is 34.9 Å². The average molecular weight is 315 g/mol. The van der Waals surface area contributed by atoms with Crippen LogP contribution in [0.25, 0.3) is 0 Å². The van der Waals surface area contributed by atoms with E-state index in [4.69, 9.17) is 32.5 Å². The van der Waals surface area contributed by atoms with E-state index in [0.717, 1.165) is 0 Å². The Morgan fingerprint density at radius 1 is 1.40 bits per heavy atom. The summed E-state index contributed by atoms with van der Waals surface area (Å²) in [6.07, 6.45) is -0.745. The summed E-state index contributed by atoms with van der Waals surface area (Å²) in [5.41, 5.74) is 0. The molecule has 20 heavy (non-hydrogen) atoms. The zero-order valence-electron chi connectivity index (χ0n) is 10.8. The molecular weight excluding hydrogens is 303 g/mol. The predicted octanol–water partition coefficient (Wildman–Crippen LogP) is 3.70. The van der Waals surface area contributed by atoms with E-state index >= 15 is 0 Å². The first-order valence-corrected chi connectivity index (χ1v) is 6.57. The van der Waals surface area contributed by atoms with Gasteiger partial charge in [-0.1, -0.05) is 28.4 Å². The average Bonchev–Trinajstić information content (AvgIpc) is 2.78. The lowest BCUT2D eigenvalue weighted by molar-refractivity contribution is -0.122. The molecule has 1 amide bonds. The number of amides is 1. The van der Waals surface area contributed by atoms with Gasteiger partial charge in [0.2, 0.25) is 0 Å². The first-order chi connectivity index (χ1) is 9.45. The second-order valence-electron chi connectivity index (χ2n) is 4.15. The molecule has 0 aliphatic heterocycles. The van der Waals surface area contributed by atoms with Crippen molar-refractivity contribution in [2.45, 2.75) is 20.0 Å². The van der Waals surface area contributed by atoms with Gasteiger partial charge in [-0.15, -0.1) is 0 Å². The molecule has 0 aliphatic carbocycles. The van der Waals surface area contributed by atoms with Gasteiger partial charge in [0.1, 0.15) is 11.5 Å². The molecule has 0 radical (unpaired) electrons. The number of benzene rings is 1. The van der Waals surface area contributed by atoms with Gasteiger partial charge in [-0.3, -0.25) is 4.79 Å². The quantitative estimate of drug-likeness (QED) is 0.934. The van der Waals surface area contributed by atoms with Gasteiger partial charge in [0.05, 0.1) is 5.02 Å². The summed E-state index contributed by atoms with van der Waals surface area (Å²) >= 11 is 11.8. The number of nitrogens with one attached hydrogen (secondary N) is 1. The van der Waals surface area contributed by atoms with Gasteiger partial charge in [-0.25, -0.2) is 0 Å². The van der Waals surface area contributed by atoms with Crippen molar-refractivity contribution in [3.63, 3.8) is 0 Å². The van der Waals surface area contributed by atoms with E-state index in [9.17, 15) is 4.79 Å². The predicted molar refractivity (Wildman–Crippen MR) is 76.4 cm³/mol. The van der Waals surface area contributed by atoms with E-state index in [2.05, 4.69) is 10.5 Å². The molecule has 0 saturated heterocycles. The van der Waals surface area contributed by atoms with Crippen LogP contribution in [0.15, 0.2) is 28.8 Å². The molecule has 7 heteroatoms. The number of anilines is 1. The SMILES string of the molecule is Cc1cc(NC(=O)[C@H](C)Oc2ccc(Cl)cc2Cl)no1. The second-order valence-corrected chi connectivity index (χ2v) is 4.99. The van der Waals surface area contributed by atoms with Crippen molar-refractivity contribution in [3.8, 4) is 5.75 Å². The van der Waals surface area contributed by atoms with Crippen LogP contribution in [0.1, 0.15) is 12.7 Å². The van der Waals surface area contributed by atoms with Crippen LogP contribution in [0.4, 0.5) is 5.82 Å². The highest BCUT2D eigenvalue weighted by Gasteiger charge is 2.17. The Morgan fingerprint density at radius 3 is 2.75 bits per heavy atom. The van der Waals surface area contributed by atoms with Crippen LogP contribution < -0.4 is 10.1 Å². The van der Waals surface area contributed by atoms with Gasteiger partial charge >= 0.3 is 0 Å². The molecule has 1 N–H and O–H groups in total. The summed E-state index contributed by atoms with van der Waals surface area (Å²) in [4.78, 5) is 11.9. The summed E-state index contributed by atoms with van der Waals surface area (Å²) in [6, 6.07) is 6.40. The second kappa shape index (κ2) is 6.15. The fraction of sp³-hybridized carbons (Fsp3) is 0.231. The van der Waals surface area contributed by atoms with Gasteiger partial charge in [0.25, 0.3) is 5.91 Å². The van der Waals surface area contributed by atoms with Crippen molar-refractivity contribution in [2.75, 3.05) is 5.32 Å². The third-order valence-corrected chi connectivity index (χ3v) is 2.98. The molecule has 0 spiro atoms. The Hall–Kier alpha value is -1.72. The van der Waals surface area contributed by atoms with E-state index in [-0.39, 0.29) is 5.91 Å². The van der Waals surface area contributed by atoms with Gasteiger partial charge in [-0.2, -0.15) is 0 Å². The number of carbonyl (C=O) groups excluding carboxylic acids is 1. The van der Waals surface area contributed by atoms with Crippen molar-refractivity contribution in [3.05, 3.63) is 40.1 Å². The maximum absolute atomic E-state index is 11.9. The fourth-order valence-corrected chi connectivity index (χ4v) is 1.92. The standard InChI is InChI=1S/C13H12Cl2N2O3/c1-7-5-12(17-20-7)16-13(18)8(2)19-11-4-3-9(14)6-10(11)15/h3-6,8H,1-2H3,(H,16,17,18)/t8-/m0/s1. The third kappa shape index (κ3) is 3.65. The summed E-state index contributed by atoms with van der Waals surface area (Å²) in [5, 5.41) is 7.08. The number of aromatic nitrogens is 1. The Labute approximate surface area is 125 Å². The summed E-state index contributed by atoms with van der Waals surface area (Å²) in [5.74, 6) is 0.971. The summed E-state index contributed by atoms with van der Waals surface area (Å²) in [7, 11) is 0. The highest BCUT2D eigenvalue weighted by Crippen LogP contribution is 2.28. The maximum atomic E-state index is 11.9. The van der Waals surface area contributed by atoms with Crippen LogP contribution in [0, 0.1) is 6.92 Å². The van der Waals surface area contributed by atoms with Gasteiger partial charge < -0.3 is 14.6 Å². The number of hydrogen-bond acceptors (Lipinski definition) is 4. The van der Waals surface area contributed by atoms with Crippen molar-refractivity contribution in [1.82, 2.24) is 5.16 Å². The molecule has 2 rings (SSSR count). The molecule has 1 atom stereocenters. The molecule has 106 valence electrons. The normalized spacial score (nSPS) is 12.0. The van der Waals surface area contributed by atoms with Crippen LogP contribution in [0.5, 0.6) is 5.75 Å². The first-order valence-electron chi connectivity index (χ1n) is 5.81. The van der Waals surface area contributed by atoms with E-state index < -0.39 is 6.10 Å². The molecular formula is C13H12Cl2N2O3. The van der Waals surface area contributed by atoms with E-state index in [1.54, 1.807) is 38.1 Å². The van der Waals surface area contributed by atoms with E-state index in [1.807, 2.05) is 0 Å². The van der Waals surface area contributed by atoms with Crippen LogP contribution in [-0.2, 0) is 4.79 Å². The van der Waals surface area contributed by atoms with Gasteiger partial charge in [0.15, 0.2) is 11.9 Å². The molecule has 1 aromatic heterocycles. The molecule has 0 fully saturated rings. The first kappa shape index (κ1) is 14.7. The zero-order chi connectivity index (χ0) is 14.7. The van der Waals surface area contributed by atoms with Gasteiger partial charge in [-0.05, 0) is 32.0 Å². The molecule has 1 aromatic carbocycles. The minimum Gasteiger partial charge on any atom is -0.479 e. The van der Waals surface area contributed by atoms with Gasteiger partial charge in [0, 0.05) is 11.1 Å². The Morgan fingerprint density at radius 2 is 2.15 bits per heavy atom. The molecule has 0 unspecified atom stereocenters. The topological polar surface area (TPSA) is 64.4 Å². The molecule has 0 saturated carbocycles.